The van der Waals surface area contributed by atoms with Gasteiger partial charge in [0, 0.05) is 6.04 Å². The molecule has 0 saturated carbocycles. The Hall–Kier alpha value is -1.41. The Morgan fingerprint density at radius 3 is 2.95 bits per heavy atom. The fourth-order valence-corrected chi connectivity index (χ4v) is 3.13. The summed E-state index contributed by atoms with van der Waals surface area (Å²) in [6, 6.07) is 5.28. The van der Waals surface area contributed by atoms with Gasteiger partial charge in [-0.3, -0.25) is 0 Å². The topological polar surface area (TPSA) is 26.0 Å². The summed E-state index contributed by atoms with van der Waals surface area (Å²) in [6.07, 6.45) is 8.71. The van der Waals surface area contributed by atoms with E-state index in [1.165, 1.54) is 5.56 Å². The van der Waals surface area contributed by atoms with E-state index in [1.54, 1.807) is 18.2 Å². The van der Waals surface area contributed by atoms with Crippen LogP contribution in [0.4, 0.5) is 4.39 Å². The second-order valence-corrected chi connectivity index (χ2v) is 5.26. The van der Waals surface area contributed by atoms with Crippen molar-refractivity contribution >= 4 is 0 Å². The molecule has 0 heterocycles. The Bertz CT molecular complexity index is 478. The van der Waals surface area contributed by atoms with Crippen molar-refractivity contribution in [1.82, 2.24) is 0 Å². The molecule has 0 bridgehead atoms. The highest BCUT2D eigenvalue weighted by atomic mass is 19.1. The van der Waals surface area contributed by atoms with E-state index in [0.29, 0.717) is 5.92 Å². The second-order valence-electron chi connectivity index (χ2n) is 5.26. The molecule has 2 rings (SSSR count). The molecular weight excluding hydrogens is 237 g/mol. The number of hydrogen-bond donors (Lipinski definition) is 1. The number of hydrogen-bond acceptors (Lipinski definition) is 1. The minimum atomic E-state index is -0.154. The fourth-order valence-electron chi connectivity index (χ4n) is 3.13. The highest BCUT2D eigenvalue weighted by Gasteiger charge is 2.30. The number of allylic oxidation sites excluding steroid dienone is 2. The van der Waals surface area contributed by atoms with Gasteiger partial charge < -0.3 is 5.73 Å². The van der Waals surface area contributed by atoms with Crippen molar-refractivity contribution in [2.24, 2.45) is 11.7 Å². The molecule has 1 aromatic rings. The average molecular weight is 259 g/mol. The van der Waals surface area contributed by atoms with Gasteiger partial charge in [-0.05, 0) is 54.4 Å². The van der Waals surface area contributed by atoms with Crippen molar-refractivity contribution in [2.75, 3.05) is 0 Å². The third kappa shape index (κ3) is 2.95. The van der Waals surface area contributed by atoms with Crippen LogP contribution in [0.3, 0.4) is 0 Å². The van der Waals surface area contributed by atoms with Gasteiger partial charge in [-0.2, -0.15) is 0 Å². The zero-order valence-corrected chi connectivity index (χ0v) is 11.5. The number of benzene rings is 1. The normalized spacial score (nSPS) is 27.0. The first-order chi connectivity index (χ1) is 9.17. The van der Waals surface area contributed by atoms with E-state index in [0.717, 1.165) is 24.8 Å². The molecular formula is C17H22FN. The van der Waals surface area contributed by atoms with Gasteiger partial charge in [0.25, 0.3) is 0 Å². The van der Waals surface area contributed by atoms with Crippen LogP contribution in [0.15, 0.2) is 43.0 Å². The van der Waals surface area contributed by atoms with E-state index in [9.17, 15) is 4.39 Å². The molecule has 0 spiro atoms. The van der Waals surface area contributed by atoms with Crippen LogP contribution in [0.5, 0.6) is 0 Å². The lowest BCUT2D eigenvalue weighted by Gasteiger charge is -2.27. The van der Waals surface area contributed by atoms with Gasteiger partial charge in [0.2, 0.25) is 0 Å². The molecule has 1 aliphatic carbocycles. The number of fused-ring (bicyclic) bond motifs is 1. The Morgan fingerprint density at radius 1 is 1.47 bits per heavy atom. The van der Waals surface area contributed by atoms with E-state index < -0.39 is 0 Å². The molecule has 19 heavy (non-hydrogen) atoms. The smallest absolute Gasteiger partial charge is 0.123 e. The maximum absolute atomic E-state index is 13.5. The highest BCUT2D eigenvalue weighted by Crippen LogP contribution is 2.37. The van der Waals surface area contributed by atoms with Crippen molar-refractivity contribution < 1.29 is 4.39 Å². The summed E-state index contributed by atoms with van der Waals surface area (Å²) in [4.78, 5) is 0. The summed E-state index contributed by atoms with van der Waals surface area (Å²) < 4.78 is 13.5. The average Bonchev–Trinajstić information content (AvgIpc) is 2.53. The first-order valence-electron chi connectivity index (χ1n) is 7.00. The van der Waals surface area contributed by atoms with Gasteiger partial charge >= 0.3 is 0 Å². The van der Waals surface area contributed by atoms with Gasteiger partial charge in [-0.15, -0.1) is 0 Å². The van der Waals surface area contributed by atoms with Gasteiger partial charge in [-0.25, -0.2) is 4.39 Å². The van der Waals surface area contributed by atoms with E-state index >= 15 is 0 Å². The van der Waals surface area contributed by atoms with Crippen molar-refractivity contribution in [3.63, 3.8) is 0 Å². The fraction of sp³-hybridized carbons (Fsp3) is 0.412. The molecule has 0 amide bonds. The summed E-state index contributed by atoms with van der Waals surface area (Å²) in [7, 11) is 0. The van der Waals surface area contributed by atoms with E-state index in [1.807, 2.05) is 12.1 Å². The molecule has 1 aliphatic rings. The maximum atomic E-state index is 13.5. The molecule has 0 radical (unpaired) electrons. The summed E-state index contributed by atoms with van der Waals surface area (Å²) >= 11 is 0. The number of halogens is 1. The zero-order valence-electron chi connectivity index (χ0n) is 11.5. The summed E-state index contributed by atoms with van der Waals surface area (Å²) in [5.41, 5.74) is 8.71. The summed E-state index contributed by atoms with van der Waals surface area (Å²) in [6.45, 7) is 5.86. The van der Waals surface area contributed by atoms with Crippen molar-refractivity contribution in [1.29, 1.82) is 0 Å². The van der Waals surface area contributed by atoms with Crippen LogP contribution in [-0.2, 0) is 6.42 Å². The Labute approximate surface area is 115 Å². The lowest BCUT2D eigenvalue weighted by molar-refractivity contribution is 0.407. The minimum absolute atomic E-state index is 0.122. The molecule has 1 aromatic carbocycles. The third-order valence-electron chi connectivity index (χ3n) is 4.12. The Kier molecular flexibility index (Phi) is 4.54. The molecule has 0 aliphatic heterocycles. The Morgan fingerprint density at radius 2 is 2.26 bits per heavy atom. The van der Waals surface area contributed by atoms with E-state index in [2.05, 4.69) is 19.6 Å². The molecule has 3 atom stereocenters. The van der Waals surface area contributed by atoms with Gasteiger partial charge in [0.05, 0.1) is 0 Å². The largest absolute Gasteiger partial charge is 0.327 e. The van der Waals surface area contributed by atoms with Gasteiger partial charge in [0.1, 0.15) is 5.82 Å². The van der Waals surface area contributed by atoms with Crippen molar-refractivity contribution in [2.45, 2.75) is 38.1 Å². The van der Waals surface area contributed by atoms with E-state index in [4.69, 9.17) is 5.73 Å². The van der Waals surface area contributed by atoms with Crippen molar-refractivity contribution in [3.8, 4) is 0 Å². The van der Waals surface area contributed by atoms with Crippen LogP contribution in [0.2, 0.25) is 0 Å². The van der Waals surface area contributed by atoms with Crippen LogP contribution >= 0.6 is 0 Å². The number of aryl methyl sites for hydroxylation is 1. The third-order valence-corrected chi connectivity index (χ3v) is 4.12. The molecule has 0 saturated heterocycles. The first kappa shape index (κ1) is 14.0. The first-order valence-corrected chi connectivity index (χ1v) is 7.00. The maximum Gasteiger partial charge on any atom is 0.123 e. The number of rotatable bonds is 3. The lowest BCUT2D eigenvalue weighted by Crippen LogP contribution is -2.31. The predicted octanol–water partition coefficient (Wildman–Crippen LogP) is 3.95. The lowest BCUT2D eigenvalue weighted by atomic mass is 9.80. The summed E-state index contributed by atoms with van der Waals surface area (Å²) in [5, 5.41) is 0. The minimum Gasteiger partial charge on any atom is -0.327 e. The number of nitrogens with two attached hydrogens (primary N) is 1. The molecule has 102 valence electrons. The molecule has 1 nitrogen and oxygen atoms in total. The SMILES string of the molecule is C=C/C=C\C1C(CC)c2cc(F)ccc2CC[C@H]1N. The standard InChI is InChI=1S/C17H22FN/c1-3-5-6-15-14(4-2)16-11-13(18)9-7-12(16)8-10-17(15)19/h3,5-7,9,11,14-15,17H,1,4,8,10,19H2,2H3/b6-5-/t14?,15?,17-/m1/s1. The van der Waals surface area contributed by atoms with E-state index in [-0.39, 0.29) is 17.8 Å². The molecule has 0 fully saturated rings. The van der Waals surface area contributed by atoms with Crippen LogP contribution < -0.4 is 5.73 Å². The monoisotopic (exact) mass is 259 g/mol. The van der Waals surface area contributed by atoms with Gasteiger partial charge in [-0.1, -0.05) is 37.8 Å². The highest BCUT2D eigenvalue weighted by molar-refractivity contribution is 5.34. The van der Waals surface area contributed by atoms with Gasteiger partial charge in [0.15, 0.2) is 0 Å². The van der Waals surface area contributed by atoms with Crippen LogP contribution in [0, 0.1) is 11.7 Å². The predicted molar refractivity (Wildman–Crippen MR) is 78.6 cm³/mol. The van der Waals surface area contributed by atoms with Crippen LogP contribution in [0.25, 0.3) is 0 Å². The van der Waals surface area contributed by atoms with Crippen LogP contribution in [0.1, 0.15) is 36.8 Å². The van der Waals surface area contributed by atoms with Crippen LogP contribution in [-0.4, -0.2) is 6.04 Å². The molecule has 0 aromatic heterocycles. The second kappa shape index (κ2) is 6.16. The molecule has 2 unspecified atom stereocenters. The quantitative estimate of drug-likeness (QED) is 0.645. The van der Waals surface area contributed by atoms with Crippen molar-refractivity contribution in [3.05, 3.63) is 60.0 Å². The zero-order chi connectivity index (χ0) is 13.8. The molecule has 2 heteroatoms. The Balaban J connectivity index is 2.45. The molecule has 2 N–H and O–H groups in total. The summed E-state index contributed by atoms with van der Waals surface area (Å²) in [5.74, 6) is 0.393.